The fourth-order valence-electron chi connectivity index (χ4n) is 4.47. The van der Waals surface area contributed by atoms with Gasteiger partial charge in [-0.05, 0) is 55.7 Å². The molecule has 0 radical (unpaired) electrons. The number of rotatable bonds is 9. The number of carbonyl (C=O) groups excluding carboxylic acids is 3. The Morgan fingerprint density at radius 2 is 1.71 bits per heavy atom. The number of esters is 1. The van der Waals surface area contributed by atoms with Crippen LogP contribution in [0.1, 0.15) is 59.8 Å². The molecule has 2 N–H and O–H groups in total. The second-order valence-electron chi connectivity index (χ2n) is 9.18. The number of carbonyl (C=O) groups is 3. The quantitative estimate of drug-likeness (QED) is 0.341. The summed E-state index contributed by atoms with van der Waals surface area (Å²) in [6.45, 7) is 6.44. The molecule has 7 nitrogen and oxygen atoms in total. The van der Waals surface area contributed by atoms with Gasteiger partial charge in [0.2, 0.25) is 0 Å². The molecule has 7 heteroatoms. The Bertz CT molecular complexity index is 1330. The maximum absolute atomic E-state index is 13.4. The summed E-state index contributed by atoms with van der Waals surface area (Å²) in [5.41, 5.74) is 4.48. The SMILES string of the molecule is CCCCN1C(=O)N[C@@H](c2cccc(NC(=O)c3ccc(C)cc3)c2)C(C(=O)OCC)=C1c1ccccc1. The number of nitrogens with zero attached hydrogens (tertiary/aromatic N) is 1. The molecule has 0 unspecified atom stereocenters. The molecule has 0 aromatic heterocycles. The number of amides is 3. The zero-order valence-corrected chi connectivity index (χ0v) is 22.0. The first-order valence-electron chi connectivity index (χ1n) is 13.0. The molecule has 0 fully saturated rings. The number of nitrogens with one attached hydrogen (secondary N) is 2. The van der Waals surface area contributed by atoms with E-state index in [0.29, 0.717) is 34.6 Å². The van der Waals surface area contributed by atoms with E-state index in [1.54, 1.807) is 42.2 Å². The fourth-order valence-corrected chi connectivity index (χ4v) is 4.47. The van der Waals surface area contributed by atoms with E-state index in [1.807, 2.05) is 55.5 Å². The zero-order chi connectivity index (χ0) is 27.1. The third kappa shape index (κ3) is 5.94. The highest BCUT2D eigenvalue weighted by atomic mass is 16.5. The lowest BCUT2D eigenvalue weighted by molar-refractivity contribution is -0.138. The van der Waals surface area contributed by atoms with E-state index in [-0.39, 0.29) is 18.5 Å². The van der Waals surface area contributed by atoms with Gasteiger partial charge < -0.3 is 15.4 Å². The van der Waals surface area contributed by atoms with Crippen molar-refractivity contribution < 1.29 is 19.1 Å². The van der Waals surface area contributed by atoms with Gasteiger partial charge in [-0.1, -0.05) is 73.5 Å². The van der Waals surface area contributed by atoms with Crippen LogP contribution >= 0.6 is 0 Å². The molecule has 0 saturated carbocycles. The zero-order valence-electron chi connectivity index (χ0n) is 22.0. The van der Waals surface area contributed by atoms with Gasteiger partial charge in [0.1, 0.15) is 0 Å². The molecule has 1 heterocycles. The molecule has 0 bridgehead atoms. The molecular weight excluding hydrogens is 478 g/mol. The predicted molar refractivity (Wildman–Crippen MR) is 148 cm³/mol. The first-order chi connectivity index (χ1) is 18.4. The topological polar surface area (TPSA) is 87.7 Å². The number of hydrogen-bond donors (Lipinski definition) is 2. The number of hydrogen-bond acceptors (Lipinski definition) is 4. The van der Waals surface area contributed by atoms with Gasteiger partial charge in [0, 0.05) is 17.8 Å². The van der Waals surface area contributed by atoms with Crippen LogP contribution in [0.15, 0.2) is 84.4 Å². The van der Waals surface area contributed by atoms with Crippen molar-refractivity contribution in [1.29, 1.82) is 0 Å². The van der Waals surface area contributed by atoms with Crippen LogP contribution in [0.4, 0.5) is 10.5 Å². The van der Waals surface area contributed by atoms with Crippen molar-refractivity contribution in [3.63, 3.8) is 0 Å². The fraction of sp³-hybridized carbons (Fsp3) is 0.258. The summed E-state index contributed by atoms with van der Waals surface area (Å²) in [4.78, 5) is 41.3. The number of urea groups is 1. The standard InChI is InChI=1S/C31H33N3O4/c1-4-6-19-34-28(22-11-8-7-9-12-22)26(30(36)38-5-2)27(33-31(34)37)24-13-10-14-25(20-24)32-29(35)23-17-15-21(3)16-18-23/h7-18,20,27H,4-6,19H2,1-3H3,(H,32,35)(H,33,37)/t27-/m0/s1. The molecule has 1 atom stereocenters. The third-order valence-corrected chi connectivity index (χ3v) is 6.40. The Hall–Kier alpha value is -4.39. The Morgan fingerprint density at radius 1 is 0.974 bits per heavy atom. The van der Waals surface area contributed by atoms with Crippen LogP contribution in [0.3, 0.4) is 0 Å². The average Bonchev–Trinajstić information content (AvgIpc) is 2.93. The molecule has 3 amide bonds. The number of aryl methyl sites for hydroxylation is 1. The first kappa shape index (κ1) is 26.7. The van der Waals surface area contributed by atoms with Crippen molar-refractivity contribution in [2.75, 3.05) is 18.5 Å². The van der Waals surface area contributed by atoms with Gasteiger partial charge in [-0.25, -0.2) is 9.59 Å². The normalized spacial score (nSPS) is 15.2. The second-order valence-corrected chi connectivity index (χ2v) is 9.18. The van der Waals surface area contributed by atoms with Gasteiger partial charge in [-0.3, -0.25) is 9.69 Å². The van der Waals surface area contributed by atoms with E-state index >= 15 is 0 Å². The lowest BCUT2D eigenvalue weighted by atomic mass is 9.91. The minimum Gasteiger partial charge on any atom is -0.463 e. The van der Waals surface area contributed by atoms with Crippen LogP contribution < -0.4 is 10.6 Å². The van der Waals surface area contributed by atoms with Gasteiger partial charge in [-0.15, -0.1) is 0 Å². The van der Waals surface area contributed by atoms with Crippen molar-refractivity contribution in [3.8, 4) is 0 Å². The Labute approximate surface area is 223 Å². The summed E-state index contributed by atoms with van der Waals surface area (Å²) >= 11 is 0. The van der Waals surface area contributed by atoms with Gasteiger partial charge in [-0.2, -0.15) is 0 Å². The van der Waals surface area contributed by atoms with Crippen LogP contribution in [-0.4, -0.2) is 36.0 Å². The highest BCUT2D eigenvalue weighted by molar-refractivity contribution is 6.05. The largest absolute Gasteiger partial charge is 0.463 e. The molecular formula is C31H33N3O4. The van der Waals surface area contributed by atoms with Crippen LogP contribution in [0.2, 0.25) is 0 Å². The summed E-state index contributed by atoms with van der Waals surface area (Å²) in [7, 11) is 0. The molecule has 196 valence electrons. The number of benzene rings is 3. The molecule has 1 aliphatic heterocycles. The minimum absolute atomic E-state index is 0.201. The predicted octanol–water partition coefficient (Wildman–Crippen LogP) is 6.09. The number of unbranched alkanes of at least 4 members (excludes halogenated alkanes) is 1. The van der Waals surface area contributed by atoms with E-state index in [2.05, 4.69) is 17.6 Å². The van der Waals surface area contributed by atoms with E-state index < -0.39 is 12.0 Å². The number of ether oxygens (including phenoxy) is 1. The monoisotopic (exact) mass is 511 g/mol. The van der Waals surface area contributed by atoms with E-state index in [0.717, 1.165) is 24.0 Å². The number of anilines is 1. The van der Waals surface area contributed by atoms with E-state index in [1.165, 1.54) is 0 Å². The van der Waals surface area contributed by atoms with Crippen molar-refractivity contribution in [1.82, 2.24) is 10.2 Å². The summed E-state index contributed by atoms with van der Waals surface area (Å²) in [6, 6.07) is 22.9. The lowest BCUT2D eigenvalue weighted by Crippen LogP contribution is -2.48. The van der Waals surface area contributed by atoms with Crippen LogP contribution in [0.5, 0.6) is 0 Å². The highest BCUT2D eigenvalue weighted by Gasteiger charge is 2.38. The minimum atomic E-state index is -0.758. The highest BCUT2D eigenvalue weighted by Crippen LogP contribution is 2.37. The van der Waals surface area contributed by atoms with Gasteiger partial charge in [0.15, 0.2) is 0 Å². The van der Waals surface area contributed by atoms with E-state index in [4.69, 9.17) is 4.74 Å². The van der Waals surface area contributed by atoms with Crippen LogP contribution in [-0.2, 0) is 9.53 Å². The van der Waals surface area contributed by atoms with Crippen molar-refractivity contribution in [2.24, 2.45) is 0 Å². The molecule has 1 aliphatic rings. The van der Waals surface area contributed by atoms with Crippen molar-refractivity contribution in [2.45, 2.75) is 39.7 Å². The van der Waals surface area contributed by atoms with Crippen LogP contribution in [0.25, 0.3) is 5.70 Å². The Morgan fingerprint density at radius 3 is 2.39 bits per heavy atom. The maximum Gasteiger partial charge on any atom is 0.338 e. The Balaban J connectivity index is 1.78. The molecule has 38 heavy (non-hydrogen) atoms. The molecule has 0 spiro atoms. The molecule has 3 aromatic rings. The van der Waals surface area contributed by atoms with Crippen molar-refractivity contribution in [3.05, 3.63) is 107 Å². The molecule has 0 saturated heterocycles. The van der Waals surface area contributed by atoms with Crippen molar-refractivity contribution >= 4 is 29.3 Å². The second kappa shape index (κ2) is 12.2. The maximum atomic E-state index is 13.4. The summed E-state index contributed by atoms with van der Waals surface area (Å²) < 4.78 is 5.49. The lowest BCUT2D eigenvalue weighted by Gasteiger charge is -2.37. The van der Waals surface area contributed by atoms with Gasteiger partial charge in [0.25, 0.3) is 5.91 Å². The summed E-state index contributed by atoms with van der Waals surface area (Å²) in [5, 5.41) is 5.94. The average molecular weight is 512 g/mol. The molecule has 0 aliphatic carbocycles. The van der Waals surface area contributed by atoms with E-state index in [9.17, 15) is 14.4 Å². The van der Waals surface area contributed by atoms with Gasteiger partial charge >= 0.3 is 12.0 Å². The summed E-state index contributed by atoms with van der Waals surface area (Å²) in [6.07, 6.45) is 1.68. The Kier molecular flexibility index (Phi) is 8.58. The molecule has 3 aromatic carbocycles. The van der Waals surface area contributed by atoms with Gasteiger partial charge in [0.05, 0.1) is 23.9 Å². The van der Waals surface area contributed by atoms with Crippen LogP contribution in [0, 0.1) is 6.92 Å². The summed E-state index contributed by atoms with van der Waals surface area (Å²) in [5.74, 6) is -0.737. The molecule has 4 rings (SSSR count). The first-order valence-corrected chi connectivity index (χ1v) is 13.0. The third-order valence-electron chi connectivity index (χ3n) is 6.40. The smallest absolute Gasteiger partial charge is 0.338 e.